The molecule has 0 bridgehead atoms. The average Bonchev–Trinajstić information content (AvgIpc) is 2.46. The van der Waals surface area contributed by atoms with Crippen molar-refractivity contribution < 1.29 is 18.7 Å². The molecular weight excluding hydrogens is 210 g/mol. The number of carboxylic acids is 1. The molecule has 76 valence electrons. The minimum absolute atomic E-state index is 0.200. The molecular formula is C9H8F2O2S. The van der Waals surface area contributed by atoms with Crippen LogP contribution >= 0.6 is 11.3 Å². The van der Waals surface area contributed by atoms with E-state index in [0.717, 1.165) is 11.3 Å². The van der Waals surface area contributed by atoms with Crippen molar-refractivity contribution in [1.29, 1.82) is 0 Å². The summed E-state index contributed by atoms with van der Waals surface area (Å²) < 4.78 is 25.1. The first kappa shape index (κ1) is 9.58. The van der Waals surface area contributed by atoms with Crippen molar-refractivity contribution in [2.75, 3.05) is 0 Å². The number of hydrogen-bond donors (Lipinski definition) is 1. The Labute approximate surface area is 83.2 Å². The predicted octanol–water partition coefficient (Wildman–Crippen LogP) is 2.96. The fourth-order valence-electron chi connectivity index (χ4n) is 1.70. The molecule has 1 aliphatic carbocycles. The predicted molar refractivity (Wildman–Crippen MR) is 48.2 cm³/mol. The summed E-state index contributed by atoms with van der Waals surface area (Å²) in [6.07, 6.45) is -0.436. The first-order valence-corrected chi connectivity index (χ1v) is 5.06. The van der Waals surface area contributed by atoms with Gasteiger partial charge < -0.3 is 5.11 Å². The number of carboxylic acid groups (broad SMARTS) is 1. The molecule has 1 heterocycles. The lowest BCUT2D eigenvalue weighted by Crippen LogP contribution is -2.34. The molecule has 0 saturated heterocycles. The molecule has 0 radical (unpaired) electrons. The molecule has 1 aliphatic rings. The van der Waals surface area contributed by atoms with Crippen LogP contribution in [0.25, 0.3) is 0 Å². The van der Waals surface area contributed by atoms with E-state index < -0.39 is 11.9 Å². The molecule has 5 heteroatoms. The highest BCUT2D eigenvalue weighted by Gasteiger charge is 2.47. The smallest absolute Gasteiger partial charge is 0.346 e. The quantitative estimate of drug-likeness (QED) is 0.828. The van der Waals surface area contributed by atoms with Crippen LogP contribution in [0.4, 0.5) is 8.78 Å². The molecule has 1 fully saturated rings. The number of aromatic carboxylic acids is 1. The van der Waals surface area contributed by atoms with Gasteiger partial charge in [0.15, 0.2) is 0 Å². The first-order chi connectivity index (χ1) is 6.49. The van der Waals surface area contributed by atoms with E-state index in [4.69, 9.17) is 5.11 Å². The maximum atomic E-state index is 12.6. The Morgan fingerprint density at radius 3 is 2.71 bits per heavy atom. The lowest BCUT2D eigenvalue weighted by molar-refractivity contribution is -0.0868. The van der Waals surface area contributed by atoms with E-state index in [1.807, 2.05) is 0 Å². The van der Waals surface area contributed by atoms with Crippen molar-refractivity contribution in [3.05, 3.63) is 21.9 Å². The summed E-state index contributed by atoms with van der Waals surface area (Å²) >= 11 is 1.09. The molecule has 14 heavy (non-hydrogen) atoms. The van der Waals surface area contributed by atoms with Crippen LogP contribution in [0.2, 0.25) is 0 Å². The molecule has 0 spiro atoms. The summed E-state index contributed by atoms with van der Waals surface area (Å²) in [6.45, 7) is 0. The lowest BCUT2D eigenvalue weighted by atomic mass is 9.77. The Kier molecular flexibility index (Phi) is 2.06. The zero-order valence-corrected chi connectivity index (χ0v) is 7.98. The van der Waals surface area contributed by atoms with Gasteiger partial charge in [0.1, 0.15) is 4.88 Å². The monoisotopic (exact) mass is 218 g/mol. The van der Waals surface area contributed by atoms with Crippen LogP contribution < -0.4 is 0 Å². The van der Waals surface area contributed by atoms with Crippen LogP contribution in [0.3, 0.4) is 0 Å². The highest BCUT2D eigenvalue weighted by Crippen LogP contribution is 2.49. The van der Waals surface area contributed by atoms with Crippen LogP contribution in [0.1, 0.15) is 34.0 Å². The number of alkyl halides is 2. The summed E-state index contributed by atoms with van der Waals surface area (Å²) in [5.74, 6) is -3.89. The Morgan fingerprint density at radius 2 is 2.21 bits per heavy atom. The molecule has 2 nitrogen and oxygen atoms in total. The minimum atomic E-state index is -2.59. The second-order valence-electron chi connectivity index (χ2n) is 3.47. The summed E-state index contributed by atoms with van der Waals surface area (Å²) in [5, 5.41) is 10.4. The number of halogens is 2. The van der Waals surface area contributed by atoms with Crippen molar-refractivity contribution in [2.45, 2.75) is 24.7 Å². The Morgan fingerprint density at radius 1 is 1.57 bits per heavy atom. The standard InChI is InChI=1S/C9H8F2O2S/c10-9(11)3-5(4-9)6-1-2-14-7(6)8(12)13/h1-2,5H,3-4H2,(H,12,13). The number of hydrogen-bond acceptors (Lipinski definition) is 2. The van der Waals surface area contributed by atoms with Crippen molar-refractivity contribution in [3.8, 4) is 0 Å². The summed E-state index contributed by atoms with van der Waals surface area (Å²) in [7, 11) is 0. The topological polar surface area (TPSA) is 37.3 Å². The van der Waals surface area contributed by atoms with Gasteiger partial charge in [0, 0.05) is 12.8 Å². The SMILES string of the molecule is O=C(O)c1sccc1C1CC(F)(F)C1. The third-order valence-electron chi connectivity index (χ3n) is 2.42. The summed E-state index contributed by atoms with van der Waals surface area (Å²) in [4.78, 5) is 10.9. The van der Waals surface area contributed by atoms with Crippen molar-refractivity contribution >= 4 is 17.3 Å². The van der Waals surface area contributed by atoms with Crippen LogP contribution in [-0.4, -0.2) is 17.0 Å². The van der Waals surface area contributed by atoms with Gasteiger partial charge in [0.05, 0.1) is 0 Å². The zero-order valence-electron chi connectivity index (χ0n) is 7.17. The van der Waals surface area contributed by atoms with E-state index in [9.17, 15) is 13.6 Å². The van der Waals surface area contributed by atoms with Gasteiger partial charge in [-0.15, -0.1) is 11.3 Å². The average molecular weight is 218 g/mol. The first-order valence-electron chi connectivity index (χ1n) is 4.18. The van der Waals surface area contributed by atoms with Crippen molar-refractivity contribution in [1.82, 2.24) is 0 Å². The second kappa shape index (κ2) is 3.02. The zero-order chi connectivity index (χ0) is 10.3. The number of carbonyl (C=O) groups is 1. The second-order valence-corrected chi connectivity index (χ2v) is 4.39. The van der Waals surface area contributed by atoms with Gasteiger partial charge in [-0.3, -0.25) is 0 Å². The molecule has 0 atom stereocenters. The van der Waals surface area contributed by atoms with Crippen molar-refractivity contribution in [2.24, 2.45) is 0 Å². The number of rotatable bonds is 2. The molecule has 1 aromatic rings. The molecule has 0 amide bonds. The third-order valence-corrected chi connectivity index (χ3v) is 3.34. The normalized spacial score (nSPS) is 20.4. The molecule has 0 aromatic carbocycles. The molecule has 1 N–H and O–H groups in total. The van der Waals surface area contributed by atoms with E-state index in [0.29, 0.717) is 5.56 Å². The van der Waals surface area contributed by atoms with E-state index in [-0.39, 0.29) is 23.6 Å². The molecule has 0 unspecified atom stereocenters. The number of thiophene rings is 1. The summed E-state index contributed by atoms with van der Waals surface area (Å²) in [6, 6.07) is 1.63. The van der Waals surface area contributed by atoms with E-state index in [1.54, 1.807) is 11.4 Å². The fraction of sp³-hybridized carbons (Fsp3) is 0.444. The van der Waals surface area contributed by atoms with E-state index in [1.165, 1.54) is 0 Å². The minimum Gasteiger partial charge on any atom is -0.477 e. The summed E-state index contributed by atoms with van der Waals surface area (Å²) in [5.41, 5.74) is 0.563. The highest BCUT2D eigenvalue weighted by atomic mass is 32.1. The van der Waals surface area contributed by atoms with E-state index >= 15 is 0 Å². The third kappa shape index (κ3) is 1.52. The maximum Gasteiger partial charge on any atom is 0.346 e. The Bertz CT molecular complexity index is 365. The van der Waals surface area contributed by atoms with Crippen LogP contribution in [-0.2, 0) is 0 Å². The van der Waals surface area contributed by atoms with E-state index in [2.05, 4.69) is 0 Å². The molecule has 1 aromatic heterocycles. The largest absolute Gasteiger partial charge is 0.477 e. The van der Waals surface area contributed by atoms with Gasteiger partial charge >= 0.3 is 5.97 Å². The molecule has 0 aliphatic heterocycles. The van der Waals surface area contributed by atoms with Gasteiger partial charge in [0.2, 0.25) is 5.92 Å². The van der Waals surface area contributed by atoms with Crippen LogP contribution in [0.5, 0.6) is 0 Å². The highest BCUT2D eigenvalue weighted by molar-refractivity contribution is 7.12. The van der Waals surface area contributed by atoms with Gasteiger partial charge in [-0.25, -0.2) is 13.6 Å². The maximum absolute atomic E-state index is 12.6. The van der Waals surface area contributed by atoms with Gasteiger partial charge in [0.25, 0.3) is 0 Å². The Hall–Kier alpha value is -0.970. The fourth-order valence-corrected chi connectivity index (χ4v) is 2.52. The van der Waals surface area contributed by atoms with Gasteiger partial charge in [-0.2, -0.15) is 0 Å². The van der Waals surface area contributed by atoms with Gasteiger partial charge in [-0.05, 0) is 22.9 Å². The Balaban J connectivity index is 2.18. The lowest BCUT2D eigenvalue weighted by Gasteiger charge is -2.34. The van der Waals surface area contributed by atoms with Crippen molar-refractivity contribution in [3.63, 3.8) is 0 Å². The molecule has 1 saturated carbocycles. The van der Waals surface area contributed by atoms with Crippen LogP contribution in [0.15, 0.2) is 11.4 Å². The van der Waals surface area contributed by atoms with Gasteiger partial charge in [-0.1, -0.05) is 0 Å². The molecule has 2 rings (SSSR count). The van der Waals surface area contributed by atoms with Crippen LogP contribution in [0, 0.1) is 0 Å².